The van der Waals surface area contributed by atoms with Gasteiger partial charge in [0.25, 0.3) is 0 Å². The summed E-state index contributed by atoms with van der Waals surface area (Å²) in [6, 6.07) is 11.9. The third-order valence-electron chi connectivity index (χ3n) is 5.42. The Labute approximate surface area is 139 Å². The number of benzene rings is 1. The molecule has 23 heavy (non-hydrogen) atoms. The van der Waals surface area contributed by atoms with Crippen molar-refractivity contribution in [3.05, 3.63) is 53.9 Å². The number of nitrogens with zero attached hydrogens (tertiary/aromatic N) is 3. The Balaban J connectivity index is 1.66. The van der Waals surface area contributed by atoms with Crippen LogP contribution in [-0.4, -0.2) is 48.0 Å². The third-order valence-corrected chi connectivity index (χ3v) is 5.42. The van der Waals surface area contributed by atoms with Gasteiger partial charge in [-0.15, -0.1) is 0 Å². The molecular formula is C20H25N3. The van der Waals surface area contributed by atoms with Crippen molar-refractivity contribution in [1.29, 1.82) is 0 Å². The van der Waals surface area contributed by atoms with Crippen LogP contribution in [0.5, 0.6) is 0 Å². The molecule has 2 aliphatic rings. The number of hydrogen-bond donors (Lipinski definition) is 0. The molecule has 1 aromatic carbocycles. The first kappa shape index (κ1) is 14.9. The summed E-state index contributed by atoms with van der Waals surface area (Å²) in [6.45, 7) is 4.77. The number of rotatable bonds is 2. The van der Waals surface area contributed by atoms with E-state index in [1.807, 2.05) is 12.4 Å². The molecule has 1 saturated heterocycles. The normalized spacial score (nSPS) is 22.7. The van der Waals surface area contributed by atoms with E-state index < -0.39 is 0 Å². The van der Waals surface area contributed by atoms with Crippen molar-refractivity contribution in [2.45, 2.75) is 25.3 Å². The minimum atomic E-state index is 0.606. The Morgan fingerprint density at radius 1 is 0.957 bits per heavy atom. The Hall–Kier alpha value is -1.71. The van der Waals surface area contributed by atoms with Gasteiger partial charge in [0.2, 0.25) is 0 Å². The van der Waals surface area contributed by atoms with Gasteiger partial charge in [0.1, 0.15) is 0 Å². The fraction of sp³-hybridized carbons (Fsp3) is 0.450. The van der Waals surface area contributed by atoms with Crippen LogP contribution in [0.1, 0.15) is 30.0 Å². The number of hydrogen-bond acceptors (Lipinski definition) is 3. The third kappa shape index (κ3) is 3.04. The fourth-order valence-electron chi connectivity index (χ4n) is 4.01. The van der Waals surface area contributed by atoms with Crippen molar-refractivity contribution in [3.63, 3.8) is 0 Å². The van der Waals surface area contributed by atoms with Crippen molar-refractivity contribution in [2.24, 2.45) is 0 Å². The number of aryl methyl sites for hydroxylation is 1. The van der Waals surface area contributed by atoms with Gasteiger partial charge in [0, 0.05) is 44.6 Å². The quantitative estimate of drug-likeness (QED) is 0.848. The second-order valence-corrected chi connectivity index (χ2v) is 6.90. The number of fused-ring (bicyclic) bond motifs is 1. The lowest BCUT2D eigenvalue weighted by Gasteiger charge is -2.40. The second kappa shape index (κ2) is 6.42. The van der Waals surface area contributed by atoms with E-state index in [4.69, 9.17) is 0 Å². The zero-order chi connectivity index (χ0) is 15.6. The molecule has 4 rings (SSSR count). The second-order valence-electron chi connectivity index (χ2n) is 6.90. The van der Waals surface area contributed by atoms with Crippen LogP contribution in [0, 0.1) is 0 Å². The number of pyridine rings is 1. The van der Waals surface area contributed by atoms with E-state index >= 15 is 0 Å². The van der Waals surface area contributed by atoms with Crippen molar-refractivity contribution in [3.8, 4) is 11.1 Å². The van der Waals surface area contributed by atoms with Gasteiger partial charge in [-0.2, -0.15) is 0 Å². The minimum Gasteiger partial charge on any atom is -0.304 e. The minimum absolute atomic E-state index is 0.606. The average Bonchev–Trinajstić information content (AvgIpc) is 2.62. The van der Waals surface area contributed by atoms with Gasteiger partial charge in [0.05, 0.1) is 0 Å². The highest BCUT2D eigenvalue weighted by Gasteiger charge is 2.28. The smallest absolute Gasteiger partial charge is 0.0352 e. The largest absolute Gasteiger partial charge is 0.304 e. The van der Waals surface area contributed by atoms with Crippen molar-refractivity contribution in [1.82, 2.24) is 14.8 Å². The van der Waals surface area contributed by atoms with Crippen LogP contribution in [-0.2, 0) is 6.42 Å². The monoisotopic (exact) mass is 307 g/mol. The van der Waals surface area contributed by atoms with Gasteiger partial charge in [-0.05, 0) is 66.8 Å². The molecule has 0 amide bonds. The van der Waals surface area contributed by atoms with E-state index in [0.29, 0.717) is 6.04 Å². The van der Waals surface area contributed by atoms with Crippen molar-refractivity contribution in [2.75, 3.05) is 33.2 Å². The standard InChI is InChI=1S/C20H25N3/c1-22-11-13-23(14-12-22)20-4-2-3-17-5-6-18(15-19(17)20)16-7-9-21-10-8-16/h5-10,15,20H,2-4,11-14H2,1H3. The van der Waals surface area contributed by atoms with E-state index in [1.165, 1.54) is 56.6 Å². The lowest BCUT2D eigenvalue weighted by molar-refractivity contribution is 0.102. The van der Waals surface area contributed by atoms with Crippen LogP contribution in [0.4, 0.5) is 0 Å². The topological polar surface area (TPSA) is 19.4 Å². The first-order valence-electron chi connectivity index (χ1n) is 8.77. The highest BCUT2D eigenvalue weighted by molar-refractivity contribution is 5.64. The summed E-state index contributed by atoms with van der Waals surface area (Å²) in [5.74, 6) is 0. The van der Waals surface area contributed by atoms with Gasteiger partial charge in [0.15, 0.2) is 0 Å². The Bertz CT molecular complexity index is 660. The van der Waals surface area contributed by atoms with Crippen LogP contribution >= 0.6 is 0 Å². The van der Waals surface area contributed by atoms with Crippen LogP contribution in [0.25, 0.3) is 11.1 Å². The highest BCUT2D eigenvalue weighted by Crippen LogP contribution is 2.37. The predicted molar refractivity (Wildman–Crippen MR) is 94.4 cm³/mol. The zero-order valence-corrected chi connectivity index (χ0v) is 13.9. The van der Waals surface area contributed by atoms with Gasteiger partial charge in [-0.25, -0.2) is 0 Å². The summed E-state index contributed by atoms with van der Waals surface area (Å²) in [7, 11) is 2.23. The summed E-state index contributed by atoms with van der Waals surface area (Å²) in [5, 5.41) is 0. The van der Waals surface area contributed by atoms with Crippen molar-refractivity contribution >= 4 is 0 Å². The molecule has 120 valence electrons. The van der Waals surface area contributed by atoms with Crippen LogP contribution < -0.4 is 0 Å². The van der Waals surface area contributed by atoms with E-state index in [9.17, 15) is 0 Å². The summed E-state index contributed by atoms with van der Waals surface area (Å²) in [5.41, 5.74) is 5.71. The number of likely N-dealkylation sites (N-methyl/N-ethyl adjacent to an activating group) is 1. The molecule has 1 fully saturated rings. The molecular weight excluding hydrogens is 282 g/mol. The average molecular weight is 307 g/mol. The molecule has 0 spiro atoms. The molecule has 3 heteroatoms. The SMILES string of the molecule is CN1CCN(C2CCCc3ccc(-c4ccncc4)cc32)CC1. The molecule has 3 nitrogen and oxygen atoms in total. The lowest BCUT2D eigenvalue weighted by atomic mass is 9.84. The molecule has 0 N–H and O–H groups in total. The lowest BCUT2D eigenvalue weighted by Crippen LogP contribution is -2.46. The first-order valence-corrected chi connectivity index (χ1v) is 8.77. The molecule has 1 atom stereocenters. The zero-order valence-electron chi connectivity index (χ0n) is 13.9. The number of aromatic nitrogens is 1. The molecule has 1 unspecified atom stereocenters. The van der Waals surface area contributed by atoms with Crippen molar-refractivity contribution < 1.29 is 0 Å². The van der Waals surface area contributed by atoms with Crippen LogP contribution in [0.15, 0.2) is 42.7 Å². The maximum atomic E-state index is 4.14. The van der Waals surface area contributed by atoms with Crippen LogP contribution in [0.2, 0.25) is 0 Å². The maximum Gasteiger partial charge on any atom is 0.0352 e. The Morgan fingerprint density at radius 3 is 2.52 bits per heavy atom. The molecule has 1 aromatic heterocycles. The van der Waals surface area contributed by atoms with E-state index in [2.05, 4.69) is 52.2 Å². The molecule has 0 radical (unpaired) electrons. The van der Waals surface area contributed by atoms with E-state index in [0.717, 1.165) is 0 Å². The van der Waals surface area contributed by atoms with Gasteiger partial charge in [-0.3, -0.25) is 9.88 Å². The number of piperazine rings is 1. The Morgan fingerprint density at radius 2 is 1.74 bits per heavy atom. The summed E-state index contributed by atoms with van der Waals surface area (Å²) >= 11 is 0. The Kier molecular flexibility index (Phi) is 4.15. The maximum absolute atomic E-state index is 4.14. The predicted octanol–water partition coefficient (Wildman–Crippen LogP) is 3.37. The van der Waals surface area contributed by atoms with Gasteiger partial charge < -0.3 is 4.90 Å². The summed E-state index contributed by atoms with van der Waals surface area (Å²) < 4.78 is 0. The first-order chi connectivity index (χ1) is 11.3. The van der Waals surface area contributed by atoms with Crippen LogP contribution in [0.3, 0.4) is 0 Å². The van der Waals surface area contributed by atoms with Gasteiger partial charge >= 0.3 is 0 Å². The fourth-order valence-corrected chi connectivity index (χ4v) is 4.01. The van der Waals surface area contributed by atoms with Gasteiger partial charge in [-0.1, -0.05) is 12.1 Å². The molecule has 1 aliphatic carbocycles. The molecule has 1 aliphatic heterocycles. The molecule has 0 bridgehead atoms. The molecule has 0 saturated carbocycles. The van der Waals surface area contributed by atoms with E-state index in [-0.39, 0.29) is 0 Å². The molecule has 2 heterocycles. The summed E-state index contributed by atoms with van der Waals surface area (Å²) in [4.78, 5) is 9.28. The highest BCUT2D eigenvalue weighted by atomic mass is 15.3. The van der Waals surface area contributed by atoms with E-state index in [1.54, 1.807) is 11.1 Å². The molecule has 2 aromatic rings. The summed E-state index contributed by atoms with van der Waals surface area (Å²) in [6.07, 6.45) is 7.62.